The molecule has 3 aromatic heterocycles. The highest BCUT2D eigenvalue weighted by Crippen LogP contribution is 2.38. The first-order valence-electron chi connectivity index (χ1n) is 30.7. The minimum atomic E-state index is -3.09. The van der Waals surface area contributed by atoms with Gasteiger partial charge in [0.1, 0.15) is 63.1 Å². The minimum absolute atomic E-state index is 0.0165. The van der Waals surface area contributed by atoms with Crippen LogP contribution in [0.2, 0.25) is 0 Å². The second-order valence-electron chi connectivity index (χ2n) is 23.6. The number of primary amides is 3. The third kappa shape index (κ3) is 16.1. The Bertz CT molecular complexity index is 4290. The van der Waals surface area contributed by atoms with E-state index in [-0.39, 0.29) is 88.3 Å². The van der Waals surface area contributed by atoms with Crippen molar-refractivity contribution in [2.45, 2.75) is 105 Å². The van der Waals surface area contributed by atoms with Gasteiger partial charge in [0, 0.05) is 59.6 Å². The second-order valence-corrected chi connectivity index (χ2v) is 23.6. The summed E-state index contributed by atoms with van der Waals surface area (Å²) in [5, 5.41) is 24.5. The van der Waals surface area contributed by atoms with Crippen molar-refractivity contribution in [2.24, 2.45) is 23.1 Å². The van der Waals surface area contributed by atoms with E-state index in [2.05, 4.69) is 50.4 Å². The predicted molar refractivity (Wildman–Crippen MR) is 360 cm³/mol. The molecule has 496 valence electrons. The highest BCUT2D eigenvalue weighted by Gasteiger charge is 2.47. The Morgan fingerprint density at radius 1 is 0.537 bits per heavy atom. The first-order chi connectivity index (χ1) is 45.1. The zero-order valence-corrected chi connectivity index (χ0v) is 54.1. The topological polar surface area (TPSA) is 360 Å². The zero-order chi connectivity index (χ0) is 69.2. The summed E-state index contributed by atoms with van der Waals surface area (Å²) in [5.41, 5.74) is 44.9. The van der Waals surface area contributed by atoms with Crippen molar-refractivity contribution in [3.8, 4) is 33.8 Å². The Kier molecular flexibility index (Phi) is 22.1. The largest absolute Gasteiger partial charge is 0.383 e. The number of rotatable bonds is 20. The third-order valence-electron chi connectivity index (χ3n) is 16.7. The molecule has 1 aliphatic heterocycles. The van der Waals surface area contributed by atoms with Gasteiger partial charge < -0.3 is 55.7 Å². The van der Waals surface area contributed by atoms with Crippen LogP contribution in [0.3, 0.4) is 0 Å². The fraction of sp³-hybridized carbons (Fsp3) is 0.271. The number of carbonyl (C=O) groups is 6. The molecule has 1 saturated heterocycles. The summed E-state index contributed by atoms with van der Waals surface area (Å²) in [4.78, 5) is 73.3. The van der Waals surface area contributed by atoms with Crippen molar-refractivity contribution in [1.82, 2.24) is 50.6 Å². The molecule has 95 heavy (non-hydrogen) atoms. The van der Waals surface area contributed by atoms with Gasteiger partial charge in [0.05, 0.1) is 18.6 Å². The van der Waals surface area contributed by atoms with Crippen LogP contribution in [0.5, 0.6) is 0 Å². The summed E-state index contributed by atoms with van der Waals surface area (Å²) in [5.74, 6) is -5.72. The summed E-state index contributed by atoms with van der Waals surface area (Å²) < 4.78 is 46.2. The Morgan fingerprint density at radius 2 is 0.916 bits per heavy atom. The Morgan fingerprint density at radius 3 is 1.31 bits per heavy atom. The van der Waals surface area contributed by atoms with Gasteiger partial charge in [-0.1, -0.05) is 136 Å². The summed E-state index contributed by atoms with van der Waals surface area (Å²) in [7, 11) is 0. The number of carbonyl (C=O) groups excluding carboxylic acids is 6. The molecule has 0 saturated carbocycles. The van der Waals surface area contributed by atoms with E-state index in [0.29, 0.717) is 52.3 Å². The van der Waals surface area contributed by atoms with E-state index in [1.54, 1.807) is 52.7 Å². The number of benzene rings is 6. The molecule has 25 heteroatoms. The molecule has 0 spiro atoms. The lowest BCUT2D eigenvalue weighted by Gasteiger charge is -2.19. The van der Waals surface area contributed by atoms with Gasteiger partial charge >= 0.3 is 0 Å². The molecule has 3 atom stereocenters. The molecule has 1 aliphatic rings. The average molecular weight is 1300 g/mol. The molecule has 3 unspecified atom stereocenters. The molecule has 0 aliphatic carbocycles. The van der Waals surface area contributed by atoms with E-state index < -0.39 is 48.0 Å². The number of nitrogens with zero attached hydrogens (tertiary/aromatic N) is 6. The van der Waals surface area contributed by atoms with E-state index >= 15 is 0 Å². The monoisotopic (exact) mass is 1300 g/mol. The van der Waals surface area contributed by atoms with Crippen molar-refractivity contribution < 1.29 is 41.9 Å². The van der Waals surface area contributed by atoms with Crippen molar-refractivity contribution in [2.75, 3.05) is 30.3 Å². The molecule has 0 bridgehead atoms. The van der Waals surface area contributed by atoms with Gasteiger partial charge in [-0.25, -0.2) is 27.2 Å². The number of nitrogens with two attached hydrogens (primary N) is 6. The number of nitrogen functional groups attached to an aromatic ring is 3. The second kappa shape index (κ2) is 30.1. The molecule has 22 nitrogen and oxygen atoms in total. The molecule has 16 N–H and O–H groups in total. The van der Waals surface area contributed by atoms with Gasteiger partial charge in [-0.15, -0.1) is 0 Å². The number of nitrogens with one attached hydrogen (secondary N) is 4. The lowest BCUT2D eigenvalue weighted by molar-refractivity contribution is -0.0188. The minimum Gasteiger partial charge on any atom is -0.383 e. The van der Waals surface area contributed by atoms with Crippen molar-refractivity contribution in [1.29, 1.82) is 0 Å². The number of aromatic nitrogens is 6. The molecule has 6 aromatic carbocycles. The number of hydrogen-bond donors (Lipinski definition) is 10. The highest BCUT2D eigenvalue weighted by molar-refractivity contribution is 6.05. The number of amides is 6. The molecular weight excluding hydrogens is 1220 g/mol. The molecule has 9 aromatic rings. The van der Waals surface area contributed by atoms with Crippen LogP contribution in [-0.2, 0) is 19.6 Å². The Hall–Kier alpha value is -11.1. The van der Waals surface area contributed by atoms with Crippen LogP contribution in [0.1, 0.15) is 155 Å². The summed E-state index contributed by atoms with van der Waals surface area (Å²) in [6.45, 7) is 16.0. The van der Waals surface area contributed by atoms with Gasteiger partial charge in [-0.2, -0.15) is 15.3 Å². The standard InChI is InChI=1S/C24H29N5O2.C23H23F3N6O2.C23H27N5O2/c1-14(2)16(4)29-22(25)20(23(26)30)21(28-29)18-11-9-17(10-12-18)13-27-24(31)19-8-6-5-7-15(19)3;1-12-2-7-15(24)8-16(12)22(34)30-9-13-3-5-14(6-4-13)19-18(21(28)33)20(27)32(31-19)17-10-29-11-23(17,25)26;1-4-15(3)28-21(24)19(22(25)29)20(27-28)17-11-9-16(10-12-17)13-26-23(30)18-8-6-5-7-14(18)2/h5-12,14,16H,13,25H2,1-4H3,(H2,26,30)(H,27,31);2-8,17,29H,9-11,27H2,1H3,(H2,28,33)(H,30,34);5-12,15H,4,13,24H2,1-3H3,(H2,25,29)(H,26,30). The van der Waals surface area contributed by atoms with Gasteiger partial charge in [0.15, 0.2) is 0 Å². The number of anilines is 3. The van der Waals surface area contributed by atoms with Gasteiger partial charge in [0.2, 0.25) is 0 Å². The van der Waals surface area contributed by atoms with Crippen LogP contribution < -0.4 is 55.7 Å². The summed E-state index contributed by atoms with van der Waals surface area (Å²) >= 11 is 0. The molecule has 0 radical (unpaired) electrons. The van der Waals surface area contributed by atoms with Gasteiger partial charge in [-0.3, -0.25) is 28.8 Å². The molecule has 10 rings (SSSR count). The smallest absolute Gasteiger partial charge is 0.283 e. The van der Waals surface area contributed by atoms with Crippen LogP contribution in [0.25, 0.3) is 33.8 Å². The van der Waals surface area contributed by atoms with E-state index in [4.69, 9.17) is 34.4 Å². The van der Waals surface area contributed by atoms with Crippen molar-refractivity contribution in [3.05, 3.63) is 212 Å². The highest BCUT2D eigenvalue weighted by atomic mass is 19.3. The maximum atomic E-state index is 14.2. The summed E-state index contributed by atoms with van der Waals surface area (Å²) in [6.07, 6.45) is 0.822. The lowest BCUT2D eigenvalue weighted by Crippen LogP contribution is -2.31. The van der Waals surface area contributed by atoms with E-state index in [0.717, 1.165) is 44.5 Å². The zero-order valence-electron chi connectivity index (χ0n) is 54.1. The van der Waals surface area contributed by atoms with Crippen molar-refractivity contribution >= 4 is 52.9 Å². The molecule has 6 amide bonds. The van der Waals surface area contributed by atoms with Crippen LogP contribution in [0, 0.1) is 32.5 Å². The van der Waals surface area contributed by atoms with Crippen LogP contribution in [0.4, 0.5) is 30.6 Å². The Labute approximate surface area is 548 Å². The SMILES string of the molecule is CCC(C)n1nc(-c2ccc(CNC(=O)c3ccccc3C)cc2)c(C(N)=O)c1N.Cc1ccc(F)cc1C(=O)NCc1ccc(-c2nn(C3CNCC3(F)F)c(N)c2C(N)=O)cc1.Cc1ccccc1C(=O)NCc1ccc(-c2nn(C(C)C(C)C)c(N)c2C(N)=O)cc1. The number of halogens is 3. The van der Waals surface area contributed by atoms with Crippen molar-refractivity contribution in [3.63, 3.8) is 0 Å². The van der Waals surface area contributed by atoms with E-state index in [9.17, 15) is 41.9 Å². The summed E-state index contributed by atoms with van der Waals surface area (Å²) in [6, 6.07) is 39.2. The quantitative estimate of drug-likeness (QED) is 0.0340. The maximum Gasteiger partial charge on any atom is 0.283 e. The van der Waals surface area contributed by atoms with E-state index in [1.807, 2.05) is 120 Å². The average Bonchev–Trinajstić information content (AvgIpc) is 1.63. The van der Waals surface area contributed by atoms with Crippen LogP contribution in [-0.4, -0.2) is 83.8 Å². The Balaban J connectivity index is 0.000000183. The molecule has 4 heterocycles. The first-order valence-corrected chi connectivity index (χ1v) is 30.7. The lowest BCUT2D eigenvalue weighted by atomic mass is 10.0. The first kappa shape index (κ1) is 69.8. The van der Waals surface area contributed by atoms with Crippen LogP contribution in [0.15, 0.2) is 140 Å². The molecule has 1 fully saturated rings. The van der Waals surface area contributed by atoms with Crippen LogP contribution >= 0.6 is 0 Å². The molecular formula is C70H79F3N16O6. The predicted octanol–water partition coefficient (Wildman–Crippen LogP) is 9.52. The van der Waals surface area contributed by atoms with E-state index in [1.165, 1.54) is 18.2 Å². The number of hydrogen-bond acceptors (Lipinski definition) is 13. The third-order valence-corrected chi connectivity index (χ3v) is 16.7. The fourth-order valence-electron chi connectivity index (χ4n) is 10.6. The normalized spacial score (nSPS) is 13.7. The number of alkyl halides is 2. The van der Waals surface area contributed by atoms with Gasteiger partial charge in [-0.05, 0) is 105 Å². The van der Waals surface area contributed by atoms with Gasteiger partial charge in [0.25, 0.3) is 41.4 Å². The fourth-order valence-corrected chi connectivity index (χ4v) is 10.6. The number of aryl methyl sites for hydroxylation is 3. The maximum absolute atomic E-state index is 14.2.